The van der Waals surface area contributed by atoms with E-state index < -0.39 is 33.9 Å². The Morgan fingerprint density at radius 1 is 1.03 bits per heavy atom. The molecule has 9 heteroatoms. The van der Waals surface area contributed by atoms with Crippen LogP contribution in [0.5, 0.6) is 0 Å². The Morgan fingerprint density at radius 3 is 2.31 bits per heavy atom. The number of anilines is 1. The highest BCUT2D eigenvalue weighted by Crippen LogP contribution is 2.23. The van der Waals surface area contributed by atoms with Gasteiger partial charge in [-0.1, -0.05) is 36.4 Å². The molecular weight excluding hydrogens is 394 g/mol. The summed E-state index contributed by atoms with van der Waals surface area (Å²) < 4.78 is 25.4. The van der Waals surface area contributed by atoms with E-state index in [4.69, 9.17) is 4.84 Å². The average molecular weight is 420 g/mol. The predicted molar refractivity (Wildman–Crippen MR) is 110 cm³/mol. The molecule has 0 saturated heterocycles. The number of amides is 2. The number of nitrogens with zero attached hydrogens (tertiary/aromatic N) is 1. The van der Waals surface area contributed by atoms with Gasteiger partial charge in [-0.05, 0) is 37.6 Å². The lowest BCUT2D eigenvalue weighted by atomic mass is 9.84. The van der Waals surface area contributed by atoms with Crippen LogP contribution in [0.15, 0.2) is 59.5 Å². The fourth-order valence-corrected chi connectivity index (χ4v) is 3.37. The molecule has 0 heterocycles. The van der Waals surface area contributed by atoms with Crippen molar-refractivity contribution in [2.45, 2.75) is 24.2 Å². The molecule has 156 valence electrons. The normalized spacial score (nSPS) is 11.9. The molecule has 0 aromatic heterocycles. The van der Waals surface area contributed by atoms with Crippen molar-refractivity contribution in [3.8, 4) is 0 Å². The highest BCUT2D eigenvalue weighted by atomic mass is 32.2. The maximum absolute atomic E-state index is 12.4. The molecule has 0 fully saturated rings. The molecule has 0 spiro atoms. The van der Waals surface area contributed by atoms with Gasteiger partial charge in [0.25, 0.3) is 11.8 Å². The summed E-state index contributed by atoms with van der Waals surface area (Å²) in [5, 5.41) is 2.54. The quantitative estimate of drug-likeness (QED) is 0.636. The van der Waals surface area contributed by atoms with Crippen molar-refractivity contribution in [3.63, 3.8) is 0 Å². The molecule has 0 aliphatic heterocycles. The van der Waals surface area contributed by atoms with Crippen molar-refractivity contribution in [1.29, 1.82) is 0 Å². The average Bonchev–Trinajstić information content (AvgIpc) is 2.68. The van der Waals surface area contributed by atoms with Crippen LogP contribution in [0.4, 0.5) is 5.69 Å². The molecule has 2 N–H and O–H groups in total. The molecule has 29 heavy (non-hydrogen) atoms. The lowest BCUT2D eigenvalue weighted by molar-refractivity contribution is -0.141. The minimum Gasteiger partial charge on any atom is -0.324 e. The van der Waals surface area contributed by atoms with Gasteiger partial charge in [-0.2, -0.15) is 0 Å². The molecule has 0 aliphatic carbocycles. The van der Waals surface area contributed by atoms with Crippen molar-refractivity contribution >= 4 is 27.5 Å². The first-order chi connectivity index (χ1) is 13.5. The monoisotopic (exact) mass is 419 g/mol. The molecule has 0 aliphatic rings. The standard InChI is InChI=1S/C20H25N3O5S/c1-20(2,15-9-6-5-7-10-15)19(25)22-28-14-18(24)21-16-11-8-12-17(13-16)29(26,27)23(3)4/h5-13H,14H2,1-4H3,(H,21,24)(H,22,25). The zero-order valence-corrected chi connectivity index (χ0v) is 17.6. The van der Waals surface area contributed by atoms with E-state index in [-0.39, 0.29) is 4.90 Å². The maximum atomic E-state index is 12.4. The van der Waals surface area contributed by atoms with Crippen LogP contribution >= 0.6 is 0 Å². The number of rotatable bonds is 8. The molecule has 2 rings (SSSR count). The summed E-state index contributed by atoms with van der Waals surface area (Å²) in [5.41, 5.74) is 2.56. The Labute approximate surface area is 170 Å². The molecule has 0 atom stereocenters. The van der Waals surface area contributed by atoms with Crippen LogP contribution in [-0.4, -0.2) is 45.2 Å². The second kappa shape index (κ2) is 9.17. The van der Waals surface area contributed by atoms with E-state index in [9.17, 15) is 18.0 Å². The second-order valence-electron chi connectivity index (χ2n) is 7.07. The SMILES string of the molecule is CN(C)S(=O)(=O)c1cccc(NC(=O)CONC(=O)C(C)(C)c2ccccc2)c1. The smallest absolute Gasteiger partial charge is 0.253 e. The van der Waals surface area contributed by atoms with Crippen LogP contribution in [0.25, 0.3) is 0 Å². The first kappa shape index (κ1) is 22.5. The molecule has 2 aromatic carbocycles. The van der Waals surface area contributed by atoms with Crippen LogP contribution in [0.3, 0.4) is 0 Å². The lowest BCUT2D eigenvalue weighted by Crippen LogP contribution is -2.41. The van der Waals surface area contributed by atoms with E-state index in [1.165, 1.54) is 32.3 Å². The van der Waals surface area contributed by atoms with Crippen LogP contribution in [0, 0.1) is 0 Å². The van der Waals surface area contributed by atoms with Crippen molar-refractivity contribution in [3.05, 3.63) is 60.2 Å². The number of carbonyl (C=O) groups excluding carboxylic acids is 2. The Hall–Kier alpha value is -2.75. The van der Waals surface area contributed by atoms with Crippen molar-refractivity contribution < 1.29 is 22.8 Å². The molecule has 0 bridgehead atoms. The molecule has 0 radical (unpaired) electrons. The van der Waals surface area contributed by atoms with Crippen LogP contribution in [0.2, 0.25) is 0 Å². The minimum atomic E-state index is -3.61. The third-order valence-corrected chi connectivity index (χ3v) is 6.14. The summed E-state index contributed by atoms with van der Waals surface area (Å²) in [6, 6.07) is 15.1. The number of benzene rings is 2. The molecule has 0 unspecified atom stereocenters. The van der Waals surface area contributed by atoms with Crippen molar-refractivity contribution in [2.75, 3.05) is 26.0 Å². The van der Waals surface area contributed by atoms with E-state index in [1.54, 1.807) is 19.9 Å². The third kappa shape index (κ3) is 5.63. The zero-order valence-electron chi connectivity index (χ0n) is 16.8. The topological polar surface area (TPSA) is 105 Å². The van der Waals surface area contributed by atoms with Gasteiger partial charge in [-0.3, -0.25) is 14.4 Å². The number of sulfonamides is 1. The molecular formula is C20H25N3O5S. The number of hydrogen-bond acceptors (Lipinski definition) is 5. The number of nitrogens with one attached hydrogen (secondary N) is 2. The number of hydroxylamine groups is 1. The van der Waals surface area contributed by atoms with Gasteiger partial charge < -0.3 is 5.32 Å². The number of carbonyl (C=O) groups is 2. The minimum absolute atomic E-state index is 0.0548. The van der Waals surface area contributed by atoms with E-state index >= 15 is 0 Å². The zero-order chi connectivity index (χ0) is 21.7. The molecule has 0 saturated carbocycles. The van der Waals surface area contributed by atoms with Gasteiger partial charge in [-0.25, -0.2) is 18.2 Å². The summed E-state index contributed by atoms with van der Waals surface area (Å²) >= 11 is 0. The lowest BCUT2D eigenvalue weighted by Gasteiger charge is -2.23. The van der Waals surface area contributed by atoms with E-state index in [2.05, 4.69) is 10.8 Å². The van der Waals surface area contributed by atoms with Gasteiger partial charge >= 0.3 is 0 Å². The molecule has 8 nitrogen and oxygen atoms in total. The van der Waals surface area contributed by atoms with Gasteiger partial charge in [0, 0.05) is 19.8 Å². The summed E-state index contributed by atoms with van der Waals surface area (Å²) in [7, 11) is -0.763. The fourth-order valence-electron chi connectivity index (χ4n) is 2.42. The van der Waals surface area contributed by atoms with Crippen LogP contribution < -0.4 is 10.8 Å². The Balaban J connectivity index is 1.92. The number of hydrogen-bond donors (Lipinski definition) is 2. The second-order valence-corrected chi connectivity index (χ2v) is 9.23. The van der Waals surface area contributed by atoms with Crippen molar-refractivity contribution in [1.82, 2.24) is 9.79 Å². The van der Waals surface area contributed by atoms with Gasteiger partial charge in [-0.15, -0.1) is 0 Å². The third-order valence-electron chi connectivity index (χ3n) is 4.33. The van der Waals surface area contributed by atoms with Gasteiger partial charge in [0.2, 0.25) is 10.0 Å². The first-order valence-electron chi connectivity index (χ1n) is 8.85. The highest BCUT2D eigenvalue weighted by Gasteiger charge is 2.30. The largest absolute Gasteiger partial charge is 0.324 e. The molecule has 2 aromatic rings. The highest BCUT2D eigenvalue weighted by molar-refractivity contribution is 7.89. The summed E-state index contributed by atoms with van der Waals surface area (Å²) in [4.78, 5) is 29.5. The van der Waals surface area contributed by atoms with Crippen molar-refractivity contribution in [2.24, 2.45) is 0 Å². The predicted octanol–water partition coefficient (Wildman–Crippen LogP) is 1.90. The summed E-state index contributed by atoms with van der Waals surface area (Å²) in [6.45, 7) is 3.07. The Morgan fingerprint density at radius 2 is 1.69 bits per heavy atom. The van der Waals surface area contributed by atoms with Crippen LogP contribution in [-0.2, 0) is 29.9 Å². The van der Waals surface area contributed by atoms with Gasteiger partial charge in [0.15, 0.2) is 6.61 Å². The van der Waals surface area contributed by atoms with Gasteiger partial charge in [0.05, 0.1) is 10.3 Å². The Kier molecular flexibility index (Phi) is 7.12. The summed E-state index contributed by atoms with van der Waals surface area (Å²) in [6.07, 6.45) is 0. The Bertz CT molecular complexity index is 973. The summed E-state index contributed by atoms with van der Waals surface area (Å²) in [5.74, 6) is -0.933. The first-order valence-corrected chi connectivity index (χ1v) is 10.3. The van der Waals surface area contributed by atoms with E-state index in [0.717, 1.165) is 9.87 Å². The van der Waals surface area contributed by atoms with E-state index in [1.807, 2.05) is 30.3 Å². The van der Waals surface area contributed by atoms with E-state index in [0.29, 0.717) is 5.69 Å². The van der Waals surface area contributed by atoms with Crippen LogP contribution in [0.1, 0.15) is 19.4 Å². The fraction of sp³-hybridized carbons (Fsp3) is 0.300. The van der Waals surface area contributed by atoms with Gasteiger partial charge in [0.1, 0.15) is 0 Å². The molecule has 2 amide bonds. The maximum Gasteiger partial charge on any atom is 0.253 e.